The number of aromatic amines is 1. The summed E-state index contributed by atoms with van der Waals surface area (Å²) in [5.41, 5.74) is -0.168. The molecule has 2 aliphatic heterocycles. The number of piperazine rings is 1. The van der Waals surface area contributed by atoms with E-state index in [1.165, 1.54) is 0 Å². The molecule has 2 saturated heterocycles. The third-order valence-corrected chi connectivity index (χ3v) is 5.11. The predicted molar refractivity (Wildman–Crippen MR) is 90.5 cm³/mol. The lowest BCUT2D eigenvalue weighted by atomic mass is 9.90. The second-order valence-electron chi connectivity index (χ2n) is 6.81. The van der Waals surface area contributed by atoms with Crippen LogP contribution < -0.4 is 0 Å². The minimum Gasteiger partial charge on any atom is -0.337 e. The van der Waals surface area contributed by atoms with Gasteiger partial charge in [-0.05, 0) is 26.3 Å². The standard InChI is InChI=1S/C17H25N5O2/c1-4-8-21-10-11-22(13(2)3)16(24)17(21)6-9-20(12-17)15(23)14-5-7-18-19-14/h4-5,7,13H,1,6,8-12H2,2-3H3,(H,18,19)/t17-/m1/s1. The van der Waals surface area contributed by atoms with Crippen LogP contribution in [0.1, 0.15) is 30.8 Å². The highest BCUT2D eigenvalue weighted by atomic mass is 16.2. The van der Waals surface area contributed by atoms with Crippen molar-refractivity contribution < 1.29 is 9.59 Å². The van der Waals surface area contributed by atoms with Gasteiger partial charge in [0, 0.05) is 45.0 Å². The van der Waals surface area contributed by atoms with E-state index < -0.39 is 5.54 Å². The first kappa shape index (κ1) is 16.7. The van der Waals surface area contributed by atoms with Gasteiger partial charge in [-0.2, -0.15) is 5.10 Å². The molecule has 2 amide bonds. The van der Waals surface area contributed by atoms with Crippen LogP contribution in [0.5, 0.6) is 0 Å². The number of H-pyrrole nitrogens is 1. The zero-order chi connectivity index (χ0) is 17.3. The number of carbonyl (C=O) groups excluding carboxylic acids is 2. The molecular weight excluding hydrogens is 306 g/mol. The number of rotatable bonds is 4. The van der Waals surface area contributed by atoms with E-state index in [0.29, 0.717) is 31.7 Å². The van der Waals surface area contributed by atoms with Crippen LogP contribution in [-0.2, 0) is 4.79 Å². The lowest BCUT2D eigenvalue weighted by molar-refractivity contribution is -0.152. The minimum atomic E-state index is -0.633. The van der Waals surface area contributed by atoms with Crippen molar-refractivity contribution >= 4 is 11.8 Å². The van der Waals surface area contributed by atoms with Crippen LogP contribution in [-0.4, -0.2) is 81.0 Å². The van der Waals surface area contributed by atoms with Crippen LogP contribution in [0.15, 0.2) is 24.9 Å². The van der Waals surface area contributed by atoms with Gasteiger partial charge < -0.3 is 9.80 Å². The van der Waals surface area contributed by atoms with Gasteiger partial charge in [-0.15, -0.1) is 6.58 Å². The van der Waals surface area contributed by atoms with E-state index in [9.17, 15) is 9.59 Å². The molecule has 1 spiro atoms. The second-order valence-corrected chi connectivity index (χ2v) is 6.81. The van der Waals surface area contributed by atoms with Crippen molar-refractivity contribution in [3.63, 3.8) is 0 Å². The van der Waals surface area contributed by atoms with Crippen LogP contribution in [0, 0.1) is 0 Å². The van der Waals surface area contributed by atoms with Gasteiger partial charge in [0.15, 0.2) is 0 Å². The van der Waals surface area contributed by atoms with E-state index in [1.54, 1.807) is 17.2 Å². The first-order valence-corrected chi connectivity index (χ1v) is 8.45. The third kappa shape index (κ3) is 2.62. The normalized spacial score (nSPS) is 25.0. The third-order valence-electron chi connectivity index (χ3n) is 5.11. The summed E-state index contributed by atoms with van der Waals surface area (Å²) in [4.78, 5) is 31.7. The monoisotopic (exact) mass is 331 g/mol. The predicted octanol–water partition coefficient (Wildman–Crippen LogP) is 0.733. The smallest absolute Gasteiger partial charge is 0.271 e. The molecule has 7 heteroatoms. The molecule has 2 aliphatic rings. The molecule has 0 aliphatic carbocycles. The summed E-state index contributed by atoms with van der Waals surface area (Å²) in [5, 5.41) is 6.56. The van der Waals surface area contributed by atoms with Crippen molar-refractivity contribution in [1.82, 2.24) is 24.9 Å². The Hall–Kier alpha value is -2.15. The Labute approximate surface area is 142 Å². The van der Waals surface area contributed by atoms with Gasteiger partial charge in [-0.3, -0.25) is 19.6 Å². The second kappa shape index (κ2) is 6.39. The summed E-state index contributed by atoms with van der Waals surface area (Å²) in [6.07, 6.45) is 4.05. The average molecular weight is 331 g/mol. The highest BCUT2D eigenvalue weighted by molar-refractivity contribution is 5.95. The fraction of sp³-hybridized carbons (Fsp3) is 0.588. The zero-order valence-corrected chi connectivity index (χ0v) is 14.4. The molecule has 1 aromatic rings. The highest BCUT2D eigenvalue weighted by Gasteiger charge is 2.54. The van der Waals surface area contributed by atoms with E-state index in [-0.39, 0.29) is 17.9 Å². The van der Waals surface area contributed by atoms with Gasteiger partial charge in [-0.1, -0.05) is 6.08 Å². The number of likely N-dealkylation sites (tertiary alicyclic amines) is 1. The van der Waals surface area contributed by atoms with Gasteiger partial charge >= 0.3 is 0 Å². The topological polar surface area (TPSA) is 72.5 Å². The first-order valence-electron chi connectivity index (χ1n) is 8.45. The Kier molecular flexibility index (Phi) is 4.45. The summed E-state index contributed by atoms with van der Waals surface area (Å²) in [6, 6.07) is 1.83. The molecule has 7 nitrogen and oxygen atoms in total. The van der Waals surface area contributed by atoms with Crippen molar-refractivity contribution in [3.05, 3.63) is 30.6 Å². The number of hydrogen-bond acceptors (Lipinski definition) is 4. The Morgan fingerprint density at radius 2 is 2.25 bits per heavy atom. The van der Waals surface area contributed by atoms with Crippen molar-refractivity contribution in [2.45, 2.75) is 31.8 Å². The fourth-order valence-corrected chi connectivity index (χ4v) is 3.81. The quantitative estimate of drug-likeness (QED) is 0.826. The molecule has 1 N–H and O–H groups in total. The maximum absolute atomic E-state index is 13.2. The molecule has 0 radical (unpaired) electrons. The highest BCUT2D eigenvalue weighted by Crippen LogP contribution is 2.34. The van der Waals surface area contributed by atoms with Crippen molar-refractivity contribution in [1.29, 1.82) is 0 Å². The number of hydrogen-bond donors (Lipinski definition) is 1. The lowest BCUT2D eigenvalue weighted by Gasteiger charge is -2.48. The van der Waals surface area contributed by atoms with E-state index >= 15 is 0 Å². The largest absolute Gasteiger partial charge is 0.337 e. The number of aromatic nitrogens is 2. The van der Waals surface area contributed by atoms with Gasteiger partial charge in [0.2, 0.25) is 5.91 Å². The maximum Gasteiger partial charge on any atom is 0.271 e. The summed E-state index contributed by atoms with van der Waals surface area (Å²) >= 11 is 0. The molecule has 0 unspecified atom stereocenters. The summed E-state index contributed by atoms with van der Waals surface area (Å²) in [7, 11) is 0. The number of nitrogens with zero attached hydrogens (tertiary/aromatic N) is 4. The molecule has 1 atom stereocenters. The number of nitrogens with one attached hydrogen (secondary N) is 1. The van der Waals surface area contributed by atoms with Crippen LogP contribution in [0.25, 0.3) is 0 Å². The SMILES string of the molecule is C=CCN1CCN(C(C)C)C(=O)[C@]12CCN(C(=O)c1ccn[nH]1)C2. The molecule has 0 bridgehead atoms. The van der Waals surface area contributed by atoms with E-state index in [2.05, 4.69) is 21.7 Å². The molecular formula is C17H25N5O2. The molecule has 130 valence electrons. The summed E-state index contributed by atoms with van der Waals surface area (Å²) in [5.74, 6) is 0.0305. The first-order chi connectivity index (χ1) is 11.5. The molecule has 24 heavy (non-hydrogen) atoms. The Morgan fingerprint density at radius 1 is 1.46 bits per heavy atom. The average Bonchev–Trinajstić information content (AvgIpc) is 3.22. The molecule has 3 rings (SSSR count). The van der Waals surface area contributed by atoms with Crippen LogP contribution in [0.3, 0.4) is 0 Å². The zero-order valence-electron chi connectivity index (χ0n) is 14.4. The lowest BCUT2D eigenvalue weighted by Crippen LogP contribution is -2.68. The van der Waals surface area contributed by atoms with Crippen molar-refractivity contribution in [3.8, 4) is 0 Å². The van der Waals surface area contributed by atoms with Crippen molar-refractivity contribution in [2.24, 2.45) is 0 Å². The van der Waals surface area contributed by atoms with Gasteiger partial charge in [0.25, 0.3) is 5.91 Å². The Bertz CT molecular complexity index is 627. The molecule has 3 heterocycles. The summed E-state index contributed by atoms with van der Waals surface area (Å²) in [6.45, 7) is 11.1. The molecule has 0 saturated carbocycles. The van der Waals surface area contributed by atoms with Crippen LogP contribution >= 0.6 is 0 Å². The Balaban J connectivity index is 1.86. The van der Waals surface area contributed by atoms with Crippen LogP contribution in [0.4, 0.5) is 0 Å². The molecule has 0 aromatic carbocycles. The van der Waals surface area contributed by atoms with Gasteiger partial charge in [-0.25, -0.2) is 0 Å². The van der Waals surface area contributed by atoms with E-state index in [4.69, 9.17) is 0 Å². The minimum absolute atomic E-state index is 0.0996. The Morgan fingerprint density at radius 3 is 2.88 bits per heavy atom. The number of amides is 2. The number of carbonyl (C=O) groups is 2. The van der Waals surface area contributed by atoms with E-state index in [0.717, 1.165) is 13.1 Å². The summed E-state index contributed by atoms with van der Waals surface area (Å²) < 4.78 is 0. The van der Waals surface area contributed by atoms with Crippen molar-refractivity contribution in [2.75, 3.05) is 32.7 Å². The molecule has 2 fully saturated rings. The molecule has 1 aromatic heterocycles. The fourth-order valence-electron chi connectivity index (χ4n) is 3.81. The van der Waals surface area contributed by atoms with Gasteiger partial charge in [0.1, 0.15) is 11.2 Å². The maximum atomic E-state index is 13.2. The van der Waals surface area contributed by atoms with Crippen LogP contribution in [0.2, 0.25) is 0 Å². The van der Waals surface area contributed by atoms with E-state index in [1.807, 2.05) is 24.8 Å². The van der Waals surface area contributed by atoms with Gasteiger partial charge in [0.05, 0.1) is 0 Å².